The average Bonchev–Trinajstić information content (AvgIpc) is 3.31. The monoisotopic (exact) mass is 387 g/mol. The Morgan fingerprint density at radius 3 is 2.12 bits per heavy atom. The van der Waals surface area contributed by atoms with Crippen LogP contribution in [0.2, 0.25) is 0 Å². The van der Waals surface area contributed by atoms with Crippen molar-refractivity contribution in [2.75, 3.05) is 24.7 Å². The molecule has 24 heavy (non-hydrogen) atoms. The lowest BCUT2D eigenvalue weighted by Crippen LogP contribution is -1.94. The van der Waals surface area contributed by atoms with Gasteiger partial charge in [-0.3, -0.25) is 4.99 Å². The van der Waals surface area contributed by atoms with Gasteiger partial charge >= 0.3 is 0 Å². The summed E-state index contributed by atoms with van der Waals surface area (Å²) in [6, 6.07) is 4.16. The molecule has 2 saturated heterocycles. The highest BCUT2D eigenvalue weighted by Gasteiger charge is 2.08. The Morgan fingerprint density at radius 2 is 1.96 bits per heavy atom. The number of nitrogens with zero attached hydrogens (tertiary/aromatic N) is 1. The second kappa shape index (κ2) is 14.2. The van der Waals surface area contributed by atoms with Gasteiger partial charge in [0.1, 0.15) is 0 Å². The Bertz CT molecular complexity index is 408. The van der Waals surface area contributed by atoms with Crippen LogP contribution in [0, 0.1) is 6.92 Å². The third kappa shape index (κ3) is 12.4. The molecule has 5 heteroatoms. The van der Waals surface area contributed by atoms with Gasteiger partial charge in [0.2, 0.25) is 0 Å². The Morgan fingerprint density at radius 1 is 1.12 bits per heavy atom. The fourth-order valence-electron chi connectivity index (χ4n) is 2.28. The number of hydrogen-bond donors (Lipinski definition) is 0. The Labute approximate surface area is 161 Å². The zero-order chi connectivity index (χ0) is 17.6. The van der Waals surface area contributed by atoms with E-state index in [0.717, 1.165) is 18.4 Å². The van der Waals surface area contributed by atoms with Crippen molar-refractivity contribution in [1.82, 2.24) is 0 Å². The van der Waals surface area contributed by atoms with Crippen LogP contribution in [0.25, 0.3) is 0 Å². The minimum Gasteiger partial charge on any atom is -0.379 e. The SMILES string of the molecule is CC1=NCCS1.C[C@H]1CCCO1.C[C@H]1CCCS1.Cc1cccs1. The van der Waals surface area contributed by atoms with Crippen LogP contribution in [0.15, 0.2) is 22.5 Å². The average molecular weight is 388 g/mol. The largest absolute Gasteiger partial charge is 0.379 e. The van der Waals surface area contributed by atoms with E-state index in [1.807, 2.05) is 11.8 Å². The van der Waals surface area contributed by atoms with Crippen LogP contribution in [0.1, 0.15) is 51.3 Å². The molecule has 3 aliphatic heterocycles. The van der Waals surface area contributed by atoms with Crippen LogP contribution < -0.4 is 0 Å². The number of ether oxygens (including phenoxy) is 1. The van der Waals surface area contributed by atoms with Crippen molar-refractivity contribution < 1.29 is 4.74 Å². The topological polar surface area (TPSA) is 21.6 Å². The summed E-state index contributed by atoms with van der Waals surface area (Å²) in [4.78, 5) is 5.50. The van der Waals surface area contributed by atoms with Gasteiger partial charge in [-0.2, -0.15) is 11.8 Å². The molecule has 0 unspecified atom stereocenters. The number of thiophene rings is 1. The number of rotatable bonds is 0. The summed E-state index contributed by atoms with van der Waals surface area (Å²) in [6.45, 7) is 10.6. The van der Waals surface area contributed by atoms with Gasteiger partial charge in [0.05, 0.1) is 11.1 Å². The highest BCUT2D eigenvalue weighted by molar-refractivity contribution is 8.14. The van der Waals surface area contributed by atoms with E-state index in [1.165, 1.54) is 47.1 Å². The summed E-state index contributed by atoms with van der Waals surface area (Å²) in [7, 11) is 0. The maximum atomic E-state index is 5.15. The molecule has 0 saturated carbocycles. The highest BCUT2D eigenvalue weighted by atomic mass is 32.2. The third-order valence-electron chi connectivity index (χ3n) is 3.71. The van der Waals surface area contributed by atoms with Crippen LogP contribution >= 0.6 is 34.9 Å². The van der Waals surface area contributed by atoms with E-state index in [9.17, 15) is 0 Å². The second-order valence-electron chi connectivity index (χ2n) is 6.12. The first-order valence-corrected chi connectivity index (χ1v) is 11.9. The molecule has 0 radical (unpaired) electrons. The van der Waals surface area contributed by atoms with Crippen LogP contribution in [0.3, 0.4) is 0 Å². The van der Waals surface area contributed by atoms with E-state index in [4.69, 9.17) is 4.74 Å². The predicted molar refractivity (Wildman–Crippen MR) is 115 cm³/mol. The van der Waals surface area contributed by atoms with Gasteiger partial charge in [-0.1, -0.05) is 13.0 Å². The maximum Gasteiger partial charge on any atom is 0.0645 e. The molecule has 2 atom stereocenters. The molecule has 0 amide bonds. The summed E-state index contributed by atoms with van der Waals surface area (Å²) in [5.41, 5.74) is 0. The molecule has 4 rings (SSSR count). The zero-order valence-electron chi connectivity index (χ0n) is 15.6. The van der Waals surface area contributed by atoms with Crippen molar-refractivity contribution in [3.63, 3.8) is 0 Å². The Kier molecular flexibility index (Phi) is 13.1. The summed E-state index contributed by atoms with van der Waals surface area (Å²) in [6.07, 6.45) is 5.97. The first-order valence-electron chi connectivity index (χ1n) is 8.95. The predicted octanol–water partition coefficient (Wildman–Crippen LogP) is 6.30. The molecular weight excluding hydrogens is 354 g/mol. The molecule has 138 valence electrons. The molecule has 0 aliphatic carbocycles. The van der Waals surface area contributed by atoms with Gasteiger partial charge in [-0.25, -0.2) is 0 Å². The van der Waals surface area contributed by atoms with E-state index >= 15 is 0 Å². The van der Waals surface area contributed by atoms with Crippen LogP contribution in [0.4, 0.5) is 0 Å². The number of aryl methyl sites for hydroxylation is 1. The van der Waals surface area contributed by atoms with Gasteiger partial charge in [-0.15, -0.1) is 23.1 Å². The molecule has 2 fully saturated rings. The fourth-order valence-corrected chi connectivity index (χ4v) is 4.54. The number of hydrogen-bond acceptors (Lipinski definition) is 5. The van der Waals surface area contributed by atoms with Crippen molar-refractivity contribution in [2.24, 2.45) is 4.99 Å². The third-order valence-corrected chi connectivity index (χ3v) is 6.78. The molecule has 0 N–H and O–H groups in total. The smallest absolute Gasteiger partial charge is 0.0645 e. The Balaban J connectivity index is 0.000000160. The molecule has 1 aromatic rings. The second-order valence-corrected chi connectivity index (χ2v) is 10.1. The minimum absolute atomic E-state index is 0.546. The molecule has 1 aromatic heterocycles. The van der Waals surface area contributed by atoms with E-state index in [1.54, 1.807) is 11.3 Å². The van der Waals surface area contributed by atoms with Crippen LogP contribution in [-0.4, -0.2) is 41.1 Å². The van der Waals surface area contributed by atoms with E-state index < -0.39 is 0 Å². The van der Waals surface area contributed by atoms with E-state index in [-0.39, 0.29) is 0 Å². The van der Waals surface area contributed by atoms with Crippen molar-refractivity contribution >= 4 is 39.9 Å². The zero-order valence-corrected chi connectivity index (χ0v) is 18.1. The van der Waals surface area contributed by atoms with Gasteiger partial charge in [-0.05, 0) is 63.7 Å². The fraction of sp³-hybridized carbons (Fsp3) is 0.737. The van der Waals surface area contributed by atoms with Gasteiger partial charge in [0, 0.05) is 29.0 Å². The lowest BCUT2D eigenvalue weighted by molar-refractivity contribution is 0.125. The van der Waals surface area contributed by atoms with E-state index in [2.05, 4.69) is 62.0 Å². The highest BCUT2D eigenvalue weighted by Crippen LogP contribution is 2.24. The maximum absolute atomic E-state index is 5.15. The van der Waals surface area contributed by atoms with Crippen molar-refractivity contribution in [1.29, 1.82) is 0 Å². The summed E-state index contributed by atoms with van der Waals surface area (Å²) in [5.74, 6) is 2.60. The van der Waals surface area contributed by atoms with Gasteiger partial charge in [0.25, 0.3) is 0 Å². The van der Waals surface area contributed by atoms with Crippen molar-refractivity contribution in [3.8, 4) is 0 Å². The number of aliphatic imine (C=N–C) groups is 1. The standard InChI is InChI=1S/C5H10O.C5H10S.C5H6S.C4H7NS/c3*1-5-3-2-4-6-5;1-4-5-2-3-6-4/h2*5H,2-4H2,1H3;2-4H,1H3;2-3H2,1H3/t2*5-;;/m00../s1. The lowest BCUT2D eigenvalue weighted by Gasteiger charge is -1.94. The first-order chi connectivity index (χ1) is 11.6. The first kappa shape index (κ1) is 22.1. The van der Waals surface area contributed by atoms with Crippen molar-refractivity contribution in [2.45, 2.75) is 64.7 Å². The summed E-state index contributed by atoms with van der Waals surface area (Å²) >= 11 is 5.72. The summed E-state index contributed by atoms with van der Waals surface area (Å²) < 4.78 is 5.15. The normalized spacial score (nSPS) is 24.8. The lowest BCUT2D eigenvalue weighted by atomic mass is 10.3. The van der Waals surface area contributed by atoms with Gasteiger partial charge < -0.3 is 4.74 Å². The molecule has 0 spiro atoms. The minimum atomic E-state index is 0.546. The molecule has 0 bridgehead atoms. The molecule has 3 aliphatic rings. The van der Waals surface area contributed by atoms with E-state index in [0.29, 0.717) is 6.10 Å². The quantitative estimate of drug-likeness (QED) is 0.521. The van der Waals surface area contributed by atoms with Gasteiger partial charge in [0.15, 0.2) is 0 Å². The molecule has 2 nitrogen and oxygen atoms in total. The van der Waals surface area contributed by atoms with Crippen LogP contribution in [-0.2, 0) is 4.74 Å². The summed E-state index contributed by atoms with van der Waals surface area (Å²) in [5, 5.41) is 4.29. The molecule has 0 aromatic carbocycles. The van der Waals surface area contributed by atoms with Crippen LogP contribution in [0.5, 0.6) is 0 Å². The molecular formula is C19H33NOS3. The Hall–Kier alpha value is 0.0300. The molecule has 4 heterocycles. The van der Waals surface area contributed by atoms with Crippen molar-refractivity contribution in [3.05, 3.63) is 22.4 Å². The number of thioether (sulfide) groups is 2.